The highest BCUT2D eigenvalue weighted by molar-refractivity contribution is 6.37. The average Bonchev–Trinajstić information content (AvgIpc) is 2.42. The van der Waals surface area contributed by atoms with E-state index < -0.39 is 12.1 Å². The van der Waals surface area contributed by atoms with E-state index >= 15 is 0 Å². The van der Waals surface area contributed by atoms with E-state index in [9.17, 15) is 9.18 Å². The lowest BCUT2D eigenvalue weighted by Gasteiger charge is -2.12. The van der Waals surface area contributed by atoms with Crippen molar-refractivity contribution in [3.8, 4) is 5.75 Å². The number of benzene rings is 1. The SMILES string of the molecule is CC(F)c1c(Cl)ccc(OC(=O)c2ccccn2)c1Cl. The summed E-state index contributed by atoms with van der Waals surface area (Å²) in [5.41, 5.74) is 0.230. The molecule has 1 atom stereocenters. The first-order valence-electron chi connectivity index (χ1n) is 5.76. The zero-order valence-electron chi connectivity index (χ0n) is 10.4. The third-order valence-corrected chi connectivity index (χ3v) is 3.29. The molecule has 1 unspecified atom stereocenters. The lowest BCUT2D eigenvalue weighted by Crippen LogP contribution is -2.11. The number of hydrogen-bond acceptors (Lipinski definition) is 3. The number of alkyl halides is 1. The van der Waals surface area contributed by atoms with Gasteiger partial charge in [0, 0.05) is 16.8 Å². The van der Waals surface area contributed by atoms with E-state index in [0.29, 0.717) is 0 Å². The highest BCUT2D eigenvalue weighted by atomic mass is 35.5. The largest absolute Gasteiger partial charge is 0.420 e. The van der Waals surface area contributed by atoms with E-state index in [2.05, 4.69) is 4.98 Å². The number of pyridine rings is 1. The minimum absolute atomic E-state index is 0.0169. The summed E-state index contributed by atoms with van der Waals surface area (Å²) in [5, 5.41) is 0.166. The Bertz CT molecular complexity index is 633. The minimum Gasteiger partial charge on any atom is -0.420 e. The maximum absolute atomic E-state index is 13.5. The number of halogens is 3. The molecule has 2 aromatic rings. The van der Waals surface area contributed by atoms with Gasteiger partial charge in [-0.05, 0) is 31.2 Å². The molecule has 3 nitrogen and oxygen atoms in total. The summed E-state index contributed by atoms with van der Waals surface area (Å²) < 4.78 is 18.6. The molecule has 104 valence electrons. The Kier molecular flexibility index (Phi) is 4.57. The van der Waals surface area contributed by atoms with E-state index in [1.807, 2.05) is 0 Å². The van der Waals surface area contributed by atoms with Crippen molar-refractivity contribution in [1.82, 2.24) is 4.98 Å². The van der Waals surface area contributed by atoms with E-state index in [4.69, 9.17) is 27.9 Å². The Labute approximate surface area is 125 Å². The Morgan fingerprint density at radius 3 is 2.65 bits per heavy atom. The van der Waals surface area contributed by atoms with Crippen molar-refractivity contribution in [2.75, 3.05) is 0 Å². The van der Waals surface area contributed by atoms with E-state index in [-0.39, 0.29) is 27.1 Å². The number of ether oxygens (including phenoxy) is 1. The van der Waals surface area contributed by atoms with Crippen molar-refractivity contribution in [3.05, 3.63) is 57.8 Å². The highest BCUT2D eigenvalue weighted by Crippen LogP contribution is 2.38. The first kappa shape index (κ1) is 14.8. The zero-order chi connectivity index (χ0) is 14.7. The third kappa shape index (κ3) is 3.08. The van der Waals surface area contributed by atoms with Gasteiger partial charge < -0.3 is 4.74 Å². The summed E-state index contributed by atoms with van der Waals surface area (Å²) in [4.78, 5) is 15.7. The summed E-state index contributed by atoms with van der Waals surface area (Å²) in [6.45, 7) is 1.30. The number of aromatic nitrogens is 1. The van der Waals surface area contributed by atoms with Crippen LogP contribution in [0.3, 0.4) is 0 Å². The number of hydrogen-bond donors (Lipinski definition) is 0. The molecule has 0 saturated carbocycles. The van der Waals surface area contributed by atoms with Gasteiger partial charge in [0.05, 0.1) is 5.02 Å². The van der Waals surface area contributed by atoms with Gasteiger partial charge in [-0.3, -0.25) is 0 Å². The summed E-state index contributed by atoms with van der Waals surface area (Å²) in [6.07, 6.45) is 0.0956. The Hall–Kier alpha value is -1.65. The predicted molar refractivity (Wildman–Crippen MR) is 75.2 cm³/mol. The van der Waals surface area contributed by atoms with Gasteiger partial charge >= 0.3 is 5.97 Å². The first-order chi connectivity index (χ1) is 9.50. The smallest absolute Gasteiger partial charge is 0.362 e. The molecule has 0 fully saturated rings. The Morgan fingerprint density at radius 1 is 1.30 bits per heavy atom. The topological polar surface area (TPSA) is 39.2 Å². The van der Waals surface area contributed by atoms with Crippen molar-refractivity contribution in [3.63, 3.8) is 0 Å². The lowest BCUT2D eigenvalue weighted by molar-refractivity contribution is 0.0728. The van der Waals surface area contributed by atoms with Crippen LogP contribution >= 0.6 is 23.2 Å². The molecule has 1 heterocycles. The first-order valence-corrected chi connectivity index (χ1v) is 6.51. The van der Waals surface area contributed by atoms with Crippen LogP contribution in [-0.2, 0) is 0 Å². The van der Waals surface area contributed by atoms with Crippen molar-refractivity contribution < 1.29 is 13.9 Å². The van der Waals surface area contributed by atoms with Gasteiger partial charge in [0.1, 0.15) is 17.6 Å². The van der Waals surface area contributed by atoms with E-state index in [1.54, 1.807) is 12.1 Å². The predicted octanol–water partition coefficient (Wildman–Crippen LogP) is 4.64. The molecule has 0 N–H and O–H groups in total. The molecular weight excluding hydrogens is 304 g/mol. The lowest BCUT2D eigenvalue weighted by atomic mass is 10.1. The molecule has 6 heteroatoms. The fourth-order valence-corrected chi connectivity index (χ4v) is 2.34. The standard InChI is InChI=1S/C14H10Cl2FNO2/c1-8(17)12-9(15)5-6-11(13(12)16)20-14(19)10-4-2-3-7-18-10/h2-8H,1H3. The number of nitrogens with zero attached hydrogens (tertiary/aromatic N) is 1. The van der Waals surface area contributed by atoms with Gasteiger partial charge in [0.15, 0.2) is 0 Å². The van der Waals surface area contributed by atoms with Crippen LogP contribution in [0.25, 0.3) is 0 Å². The van der Waals surface area contributed by atoms with Crippen LogP contribution in [0.15, 0.2) is 36.5 Å². The van der Waals surface area contributed by atoms with E-state index in [0.717, 1.165) is 0 Å². The molecule has 0 aliphatic heterocycles. The number of esters is 1. The van der Waals surface area contributed by atoms with Crippen LogP contribution in [0.1, 0.15) is 29.1 Å². The molecule has 0 saturated heterocycles. The average molecular weight is 314 g/mol. The minimum atomic E-state index is -1.37. The second-order valence-electron chi connectivity index (χ2n) is 3.99. The zero-order valence-corrected chi connectivity index (χ0v) is 12.0. The molecule has 0 amide bonds. The van der Waals surface area contributed by atoms with Gasteiger partial charge in [-0.15, -0.1) is 0 Å². The second kappa shape index (κ2) is 6.20. The van der Waals surface area contributed by atoms with Crippen molar-refractivity contribution in [1.29, 1.82) is 0 Å². The molecular formula is C14H10Cl2FNO2. The number of carbonyl (C=O) groups is 1. The van der Waals surface area contributed by atoms with Gasteiger partial charge in [0.25, 0.3) is 0 Å². The molecule has 0 bridgehead atoms. The van der Waals surface area contributed by atoms with Crippen molar-refractivity contribution >= 4 is 29.2 Å². The number of carbonyl (C=O) groups excluding carboxylic acids is 1. The molecule has 20 heavy (non-hydrogen) atoms. The fraction of sp³-hybridized carbons (Fsp3) is 0.143. The quantitative estimate of drug-likeness (QED) is 0.612. The monoisotopic (exact) mass is 313 g/mol. The van der Waals surface area contributed by atoms with Gasteiger partial charge in [0.2, 0.25) is 0 Å². The third-order valence-electron chi connectivity index (χ3n) is 2.57. The molecule has 2 rings (SSSR count). The van der Waals surface area contributed by atoms with E-state index in [1.165, 1.54) is 31.3 Å². The Morgan fingerprint density at radius 2 is 2.05 bits per heavy atom. The maximum Gasteiger partial charge on any atom is 0.362 e. The van der Waals surface area contributed by atoms with Crippen molar-refractivity contribution in [2.24, 2.45) is 0 Å². The normalized spacial score (nSPS) is 12.0. The van der Waals surface area contributed by atoms with Crippen LogP contribution in [0, 0.1) is 0 Å². The van der Waals surface area contributed by atoms with Crippen LogP contribution in [0.5, 0.6) is 5.75 Å². The van der Waals surface area contributed by atoms with Crippen LogP contribution in [0.4, 0.5) is 4.39 Å². The summed E-state index contributed by atoms with van der Waals surface area (Å²) in [5.74, 6) is -0.626. The van der Waals surface area contributed by atoms with Crippen LogP contribution in [0.2, 0.25) is 10.0 Å². The summed E-state index contributed by atoms with van der Waals surface area (Å²) in [6, 6.07) is 7.68. The van der Waals surface area contributed by atoms with Gasteiger partial charge in [-0.2, -0.15) is 0 Å². The molecule has 0 radical (unpaired) electrons. The second-order valence-corrected chi connectivity index (χ2v) is 4.78. The Balaban J connectivity index is 2.31. The van der Waals surface area contributed by atoms with Gasteiger partial charge in [-0.1, -0.05) is 29.3 Å². The van der Waals surface area contributed by atoms with Crippen molar-refractivity contribution in [2.45, 2.75) is 13.1 Å². The summed E-state index contributed by atoms with van der Waals surface area (Å²) >= 11 is 11.9. The fourth-order valence-electron chi connectivity index (χ4n) is 1.63. The maximum atomic E-state index is 13.5. The van der Waals surface area contributed by atoms with Gasteiger partial charge in [-0.25, -0.2) is 14.2 Å². The van der Waals surface area contributed by atoms with Crippen LogP contribution < -0.4 is 4.74 Å². The van der Waals surface area contributed by atoms with Crippen LogP contribution in [-0.4, -0.2) is 11.0 Å². The highest BCUT2D eigenvalue weighted by Gasteiger charge is 2.19. The molecule has 0 spiro atoms. The molecule has 0 aliphatic rings. The molecule has 1 aromatic heterocycles. The summed E-state index contributed by atoms with van der Waals surface area (Å²) in [7, 11) is 0. The molecule has 1 aromatic carbocycles. The molecule has 0 aliphatic carbocycles. The number of rotatable bonds is 3.